The van der Waals surface area contributed by atoms with E-state index in [0.717, 1.165) is 22.8 Å². The Hall–Kier alpha value is -2.69. The SMILES string of the molecule is COc1ccc(C(=O)N[C@H](C)c2ccc3c(c2)OCCO3)cc1. The summed E-state index contributed by atoms with van der Waals surface area (Å²) in [6.07, 6.45) is 0. The number of methoxy groups -OCH3 is 1. The number of rotatable bonds is 4. The van der Waals surface area contributed by atoms with Crippen LogP contribution < -0.4 is 19.5 Å². The predicted octanol–water partition coefficient (Wildman–Crippen LogP) is 2.96. The number of nitrogens with one attached hydrogen (secondary N) is 1. The minimum atomic E-state index is -0.138. The lowest BCUT2D eigenvalue weighted by molar-refractivity contribution is 0.0939. The summed E-state index contributed by atoms with van der Waals surface area (Å²) in [7, 11) is 1.60. The van der Waals surface area contributed by atoms with Crippen molar-refractivity contribution >= 4 is 5.91 Å². The van der Waals surface area contributed by atoms with Crippen LogP contribution in [-0.4, -0.2) is 26.2 Å². The van der Waals surface area contributed by atoms with Crippen molar-refractivity contribution in [2.45, 2.75) is 13.0 Å². The topological polar surface area (TPSA) is 56.8 Å². The number of ether oxygens (including phenoxy) is 3. The molecule has 1 atom stereocenters. The molecular formula is C18H19NO4. The molecule has 23 heavy (non-hydrogen) atoms. The Labute approximate surface area is 135 Å². The second kappa shape index (κ2) is 6.60. The van der Waals surface area contributed by atoms with E-state index in [9.17, 15) is 4.79 Å². The molecule has 0 saturated heterocycles. The Morgan fingerprint density at radius 1 is 1.09 bits per heavy atom. The molecule has 0 aromatic heterocycles. The molecule has 0 radical (unpaired) electrons. The fraction of sp³-hybridized carbons (Fsp3) is 0.278. The van der Waals surface area contributed by atoms with Crippen molar-refractivity contribution in [1.82, 2.24) is 5.32 Å². The van der Waals surface area contributed by atoms with E-state index in [2.05, 4.69) is 5.32 Å². The van der Waals surface area contributed by atoms with Gasteiger partial charge in [0.25, 0.3) is 5.91 Å². The summed E-state index contributed by atoms with van der Waals surface area (Å²) in [6.45, 7) is 3.05. The first-order chi connectivity index (χ1) is 11.2. The Balaban J connectivity index is 1.70. The smallest absolute Gasteiger partial charge is 0.251 e. The molecule has 1 heterocycles. The van der Waals surface area contributed by atoms with Crippen LogP contribution in [0.4, 0.5) is 0 Å². The molecule has 0 aliphatic carbocycles. The minimum Gasteiger partial charge on any atom is -0.497 e. The second-order valence-corrected chi connectivity index (χ2v) is 5.33. The molecule has 0 bridgehead atoms. The Kier molecular flexibility index (Phi) is 4.37. The van der Waals surface area contributed by atoms with Crippen molar-refractivity contribution in [3.8, 4) is 17.2 Å². The quantitative estimate of drug-likeness (QED) is 0.943. The second-order valence-electron chi connectivity index (χ2n) is 5.33. The fourth-order valence-corrected chi connectivity index (χ4v) is 2.43. The van der Waals surface area contributed by atoms with Crippen molar-refractivity contribution in [3.63, 3.8) is 0 Å². The van der Waals surface area contributed by atoms with Crippen LogP contribution in [0, 0.1) is 0 Å². The third kappa shape index (κ3) is 3.39. The molecular weight excluding hydrogens is 294 g/mol. The van der Waals surface area contributed by atoms with E-state index in [1.54, 1.807) is 31.4 Å². The molecule has 5 nitrogen and oxygen atoms in total. The Bertz CT molecular complexity index is 697. The number of fused-ring (bicyclic) bond motifs is 1. The molecule has 120 valence electrons. The van der Waals surface area contributed by atoms with Gasteiger partial charge >= 0.3 is 0 Å². The molecule has 2 aromatic rings. The molecule has 0 fully saturated rings. The first-order valence-electron chi connectivity index (χ1n) is 7.52. The lowest BCUT2D eigenvalue weighted by Gasteiger charge is -2.21. The van der Waals surface area contributed by atoms with Crippen LogP contribution in [0.25, 0.3) is 0 Å². The van der Waals surface area contributed by atoms with E-state index >= 15 is 0 Å². The van der Waals surface area contributed by atoms with E-state index in [0.29, 0.717) is 18.8 Å². The van der Waals surface area contributed by atoms with Crippen molar-refractivity contribution in [2.24, 2.45) is 0 Å². The lowest BCUT2D eigenvalue weighted by atomic mass is 10.1. The summed E-state index contributed by atoms with van der Waals surface area (Å²) in [6, 6.07) is 12.6. The van der Waals surface area contributed by atoms with Crippen molar-refractivity contribution in [1.29, 1.82) is 0 Å². The van der Waals surface area contributed by atoms with Gasteiger partial charge in [0.05, 0.1) is 13.2 Å². The Morgan fingerprint density at radius 3 is 2.48 bits per heavy atom. The van der Waals surface area contributed by atoms with Gasteiger partial charge in [-0.25, -0.2) is 0 Å². The van der Waals surface area contributed by atoms with Gasteiger partial charge in [0.2, 0.25) is 0 Å². The summed E-state index contributed by atoms with van der Waals surface area (Å²) in [5.74, 6) is 2.06. The Morgan fingerprint density at radius 2 is 1.78 bits per heavy atom. The van der Waals surface area contributed by atoms with Crippen LogP contribution in [0.2, 0.25) is 0 Å². The van der Waals surface area contributed by atoms with Crippen LogP contribution >= 0.6 is 0 Å². The number of hydrogen-bond donors (Lipinski definition) is 1. The van der Waals surface area contributed by atoms with Gasteiger partial charge in [-0.3, -0.25) is 4.79 Å². The summed E-state index contributed by atoms with van der Waals surface area (Å²) >= 11 is 0. The average molecular weight is 313 g/mol. The van der Waals surface area contributed by atoms with Gasteiger partial charge in [-0.1, -0.05) is 6.07 Å². The highest BCUT2D eigenvalue weighted by molar-refractivity contribution is 5.94. The van der Waals surface area contributed by atoms with Gasteiger partial charge < -0.3 is 19.5 Å². The van der Waals surface area contributed by atoms with Gasteiger partial charge in [0.1, 0.15) is 19.0 Å². The first-order valence-corrected chi connectivity index (χ1v) is 7.52. The minimum absolute atomic E-state index is 0.130. The number of carbonyl (C=O) groups is 1. The first kappa shape index (κ1) is 15.2. The molecule has 0 unspecified atom stereocenters. The third-order valence-electron chi connectivity index (χ3n) is 3.77. The molecule has 0 saturated carbocycles. The zero-order valence-electron chi connectivity index (χ0n) is 13.2. The van der Waals surface area contributed by atoms with Gasteiger partial charge in [0, 0.05) is 5.56 Å². The maximum atomic E-state index is 12.3. The predicted molar refractivity (Wildman–Crippen MR) is 86.3 cm³/mol. The largest absolute Gasteiger partial charge is 0.497 e. The van der Waals surface area contributed by atoms with E-state index in [1.807, 2.05) is 25.1 Å². The van der Waals surface area contributed by atoms with Crippen LogP contribution in [0.5, 0.6) is 17.2 Å². The van der Waals surface area contributed by atoms with E-state index < -0.39 is 0 Å². The highest BCUT2D eigenvalue weighted by atomic mass is 16.6. The summed E-state index contributed by atoms with van der Waals surface area (Å²) in [5.41, 5.74) is 1.56. The molecule has 1 aliphatic heterocycles. The number of carbonyl (C=O) groups excluding carboxylic acids is 1. The zero-order chi connectivity index (χ0) is 16.2. The van der Waals surface area contributed by atoms with Gasteiger partial charge in [0.15, 0.2) is 11.5 Å². The normalized spacial score (nSPS) is 14.0. The van der Waals surface area contributed by atoms with E-state index in [-0.39, 0.29) is 11.9 Å². The zero-order valence-corrected chi connectivity index (χ0v) is 13.2. The number of benzene rings is 2. The highest BCUT2D eigenvalue weighted by Crippen LogP contribution is 2.32. The molecule has 5 heteroatoms. The maximum absolute atomic E-state index is 12.3. The van der Waals surface area contributed by atoms with E-state index in [4.69, 9.17) is 14.2 Å². The molecule has 1 amide bonds. The fourth-order valence-electron chi connectivity index (χ4n) is 2.43. The van der Waals surface area contributed by atoms with E-state index in [1.165, 1.54) is 0 Å². The molecule has 1 N–H and O–H groups in total. The molecule has 0 spiro atoms. The maximum Gasteiger partial charge on any atom is 0.251 e. The van der Waals surface area contributed by atoms with Crippen LogP contribution in [-0.2, 0) is 0 Å². The molecule has 3 rings (SSSR count). The third-order valence-corrected chi connectivity index (χ3v) is 3.77. The average Bonchev–Trinajstić information content (AvgIpc) is 2.61. The van der Waals surface area contributed by atoms with Crippen molar-refractivity contribution in [3.05, 3.63) is 53.6 Å². The van der Waals surface area contributed by atoms with Gasteiger partial charge in [-0.2, -0.15) is 0 Å². The summed E-state index contributed by atoms with van der Waals surface area (Å²) < 4.78 is 16.2. The van der Waals surface area contributed by atoms with Gasteiger partial charge in [-0.15, -0.1) is 0 Å². The monoisotopic (exact) mass is 313 g/mol. The summed E-state index contributed by atoms with van der Waals surface area (Å²) in [4.78, 5) is 12.3. The van der Waals surface area contributed by atoms with Crippen LogP contribution in [0.15, 0.2) is 42.5 Å². The van der Waals surface area contributed by atoms with Crippen molar-refractivity contribution < 1.29 is 19.0 Å². The van der Waals surface area contributed by atoms with Gasteiger partial charge in [-0.05, 0) is 48.9 Å². The molecule has 2 aromatic carbocycles. The number of amides is 1. The summed E-state index contributed by atoms with van der Waals surface area (Å²) in [5, 5.41) is 2.98. The van der Waals surface area contributed by atoms with Crippen LogP contribution in [0.3, 0.4) is 0 Å². The van der Waals surface area contributed by atoms with Crippen LogP contribution in [0.1, 0.15) is 28.9 Å². The van der Waals surface area contributed by atoms with Crippen molar-refractivity contribution in [2.75, 3.05) is 20.3 Å². The molecule has 1 aliphatic rings. The standard InChI is InChI=1S/C18H19NO4/c1-12(14-5-8-16-17(11-14)23-10-9-22-16)19-18(20)13-3-6-15(21-2)7-4-13/h3-8,11-12H,9-10H2,1-2H3,(H,19,20)/t12-/m1/s1. The highest BCUT2D eigenvalue weighted by Gasteiger charge is 2.16. The number of hydrogen-bond acceptors (Lipinski definition) is 4. The lowest BCUT2D eigenvalue weighted by Crippen LogP contribution is -2.26.